The summed E-state index contributed by atoms with van der Waals surface area (Å²) in [4.78, 5) is 31.6. The molecule has 0 radical (unpaired) electrons. The van der Waals surface area contributed by atoms with Gasteiger partial charge in [-0.3, -0.25) is 9.59 Å². The van der Waals surface area contributed by atoms with Gasteiger partial charge in [0.15, 0.2) is 0 Å². The van der Waals surface area contributed by atoms with Crippen molar-refractivity contribution in [1.82, 2.24) is 15.3 Å². The molecule has 7 nitrogen and oxygen atoms in total. The van der Waals surface area contributed by atoms with E-state index in [1.165, 1.54) is 18.3 Å². The molecule has 162 valence electrons. The summed E-state index contributed by atoms with van der Waals surface area (Å²) in [5.74, 6) is -0.851. The van der Waals surface area contributed by atoms with Gasteiger partial charge in [0.25, 0.3) is 5.91 Å². The molecule has 11 heteroatoms. The van der Waals surface area contributed by atoms with Gasteiger partial charge < -0.3 is 15.4 Å². The Morgan fingerprint density at radius 3 is 2.50 bits per heavy atom. The summed E-state index contributed by atoms with van der Waals surface area (Å²) >= 11 is 5.80. The van der Waals surface area contributed by atoms with Crippen LogP contribution in [0.5, 0.6) is 5.88 Å². The Morgan fingerprint density at radius 2 is 1.90 bits per heavy atom. The van der Waals surface area contributed by atoms with Crippen LogP contribution in [0.2, 0.25) is 5.02 Å². The van der Waals surface area contributed by atoms with Crippen LogP contribution in [0.25, 0.3) is 0 Å². The molecular weight excluding hydrogens is 425 g/mol. The quantitative estimate of drug-likeness (QED) is 0.674. The number of rotatable bonds is 7. The average molecular weight is 445 g/mol. The lowest BCUT2D eigenvalue weighted by molar-refractivity contribution is -0.137. The van der Waals surface area contributed by atoms with Gasteiger partial charge in [-0.1, -0.05) is 25.4 Å². The number of halogens is 4. The number of nitrogens with zero attached hydrogens (tertiary/aromatic N) is 2. The topological polar surface area (TPSA) is 93.2 Å². The number of alkyl halides is 3. The third-order valence-corrected chi connectivity index (χ3v) is 4.07. The minimum absolute atomic E-state index is 0.0356. The van der Waals surface area contributed by atoms with Crippen molar-refractivity contribution < 1.29 is 27.5 Å². The zero-order chi connectivity index (χ0) is 22.5. The molecule has 0 saturated heterocycles. The highest BCUT2D eigenvalue weighted by molar-refractivity contribution is 6.31. The number of pyridine rings is 2. The van der Waals surface area contributed by atoms with E-state index in [1.54, 1.807) is 20.8 Å². The first kappa shape index (κ1) is 23.4. The molecule has 0 aliphatic rings. The van der Waals surface area contributed by atoms with Gasteiger partial charge in [0.05, 0.1) is 12.1 Å². The second kappa shape index (κ2) is 9.75. The summed E-state index contributed by atoms with van der Waals surface area (Å²) in [6.45, 7) is 5.08. The molecule has 2 aromatic rings. The Hall–Kier alpha value is -2.88. The Kier molecular flexibility index (Phi) is 7.60. The van der Waals surface area contributed by atoms with E-state index in [-0.39, 0.29) is 40.7 Å². The SMILES string of the molecule is CC(CNC(=O)c1ccnc(NC(=O)C(C)C)c1)Oc1ncc(C(F)(F)F)cc1Cl. The van der Waals surface area contributed by atoms with Gasteiger partial charge in [-0.2, -0.15) is 13.2 Å². The van der Waals surface area contributed by atoms with Crippen molar-refractivity contribution in [2.24, 2.45) is 5.92 Å². The van der Waals surface area contributed by atoms with Crippen LogP contribution in [-0.4, -0.2) is 34.4 Å². The fraction of sp³-hybridized carbons (Fsp3) is 0.368. The molecule has 0 aromatic carbocycles. The second-order valence-electron chi connectivity index (χ2n) is 6.72. The van der Waals surface area contributed by atoms with Crippen LogP contribution in [0.4, 0.5) is 19.0 Å². The summed E-state index contributed by atoms with van der Waals surface area (Å²) in [7, 11) is 0. The molecule has 2 N–H and O–H groups in total. The molecular formula is C19H20ClF3N4O3. The van der Waals surface area contributed by atoms with E-state index in [4.69, 9.17) is 16.3 Å². The van der Waals surface area contributed by atoms with Crippen molar-refractivity contribution in [3.05, 3.63) is 46.7 Å². The maximum atomic E-state index is 12.7. The Balaban J connectivity index is 1.94. The van der Waals surface area contributed by atoms with Gasteiger partial charge in [0.1, 0.15) is 16.9 Å². The molecule has 0 aliphatic heterocycles. The molecule has 0 bridgehead atoms. The van der Waals surface area contributed by atoms with E-state index in [0.29, 0.717) is 6.20 Å². The molecule has 1 atom stereocenters. The fourth-order valence-electron chi connectivity index (χ4n) is 2.15. The summed E-state index contributed by atoms with van der Waals surface area (Å²) in [5, 5.41) is 4.93. The Labute approximate surface area is 176 Å². The minimum Gasteiger partial charge on any atom is -0.472 e. The van der Waals surface area contributed by atoms with E-state index in [0.717, 1.165) is 6.07 Å². The smallest absolute Gasteiger partial charge is 0.417 e. The third kappa shape index (κ3) is 6.58. The van der Waals surface area contributed by atoms with Crippen molar-refractivity contribution in [3.8, 4) is 5.88 Å². The number of hydrogen-bond donors (Lipinski definition) is 2. The number of nitrogens with one attached hydrogen (secondary N) is 2. The lowest BCUT2D eigenvalue weighted by atomic mass is 10.2. The van der Waals surface area contributed by atoms with Crippen LogP contribution in [0, 0.1) is 5.92 Å². The Bertz CT molecular complexity index is 922. The van der Waals surface area contributed by atoms with Crippen LogP contribution in [0.3, 0.4) is 0 Å². The van der Waals surface area contributed by atoms with E-state index < -0.39 is 23.8 Å². The Morgan fingerprint density at radius 1 is 1.20 bits per heavy atom. The summed E-state index contributed by atoms with van der Waals surface area (Å²) in [6, 6.07) is 3.62. The standard InChI is InChI=1S/C19H20ClF3N4O3/c1-10(2)16(28)27-15-6-12(4-5-24-15)17(29)25-8-11(3)30-18-14(20)7-13(9-26-18)19(21,22)23/h4-7,9-11H,8H2,1-3H3,(H,25,29)(H,24,27,28). The zero-order valence-electron chi connectivity index (χ0n) is 16.4. The highest BCUT2D eigenvalue weighted by Crippen LogP contribution is 2.33. The molecule has 0 fully saturated rings. The van der Waals surface area contributed by atoms with E-state index in [1.807, 2.05) is 0 Å². The van der Waals surface area contributed by atoms with Crippen molar-refractivity contribution >= 4 is 29.2 Å². The highest BCUT2D eigenvalue weighted by atomic mass is 35.5. The highest BCUT2D eigenvalue weighted by Gasteiger charge is 2.32. The monoisotopic (exact) mass is 444 g/mol. The van der Waals surface area contributed by atoms with Crippen LogP contribution < -0.4 is 15.4 Å². The van der Waals surface area contributed by atoms with E-state index >= 15 is 0 Å². The normalized spacial score (nSPS) is 12.4. The number of carbonyl (C=O) groups excluding carboxylic acids is 2. The maximum Gasteiger partial charge on any atom is 0.417 e. The molecule has 0 spiro atoms. The van der Waals surface area contributed by atoms with Gasteiger partial charge in [-0.15, -0.1) is 0 Å². The first-order valence-electron chi connectivity index (χ1n) is 8.92. The average Bonchev–Trinajstić information content (AvgIpc) is 2.67. The van der Waals surface area contributed by atoms with Gasteiger partial charge in [-0.05, 0) is 25.1 Å². The lowest BCUT2D eigenvalue weighted by Crippen LogP contribution is -2.33. The molecule has 2 heterocycles. The van der Waals surface area contributed by atoms with E-state index in [9.17, 15) is 22.8 Å². The lowest BCUT2D eigenvalue weighted by Gasteiger charge is -2.16. The van der Waals surface area contributed by atoms with Crippen LogP contribution in [0.1, 0.15) is 36.7 Å². The largest absolute Gasteiger partial charge is 0.472 e. The van der Waals surface area contributed by atoms with Crippen molar-refractivity contribution in [3.63, 3.8) is 0 Å². The van der Waals surface area contributed by atoms with Crippen LogP contribution in [-0.2, 0) is 11.0 Å². The number of amides is 2. The summed E-state index contributed by atoms with van der Waals surface area (Å²) in [6.07, 6.45) is -3.18. The van der Waals surface area contributed by atoms with Crippen LogP contribution >= 0.6 is 11.6 Å². The molecule has 2 aromatic heterocycles. The van der Waals surface area contributed by atoms with E-state index in [2.05, 4.69) is 20.6 Å². The fourth-order valence-corrected chi connectivity index (χ4v) is 2.36. The first-order valence-corrected chi connectivity index (χ1v) is 9.29. The molecule has 2 amide bonds. The molecule has 0 saturated carbocycles. The summed E-state index contributed by atoms with van der Waals surface area (Å²) in [5.41, 5.74) is -0.721. The van der Waals surface area contributed by atoms with Gasteiger partial charge in [-0.25, -0.2) is 9.97 Å². The van der Waals surface area contributed by atoms with Gasteiger partial charge in [0.2, 0.25) is 11.8 Å². The molecule has 0 aliphatic carbocycles. The molecule has 2 rings (SSSR count). The number of hydrogen-bond acceptors (Lipinski definition) is 5. The zero-order valence-corrected chi connectivity index (χ0v) is 17.1. The first-order chi connectivity index (χ1) is 14.0. The minimum atomic E-state index is -4.56. The van der Waals surface area contributed by atoms with Crippen molar-refractivity contribution in [2.45, 2.75) is 33.1 Å². The van der Waals surface area contributed by atoms with Crippen molar-refractivity contribution in [1.29, 1.82) is 0 Å². The van der Waals surface area contributed by atoms with Crippen LogP contribution in [0.15, 0.2) is 30.6 Å². The number of ether oxygens (including phenoxy) is 1. The van der Waals surface area contributed by atoms with Gasteiger partial charge in [0, 0.05) is 23.9 Å². The number of anilines is 1. The number of carbonyl (C=O) groups is 2. The van der Waals surface area contributed by atoms with Gasteiger partial charge >= 0.3 is 6.18 Å². The predicted molar refractivity (Wildman–Crippen MR) is 104 cm³/mol. The predicted octanol–water partition coefficient (Wildman–Crippen LogP) is 3.94. The molecule has 1 unspecified atom stereocenters. The molecule has 30 heavy (non-hydrogen) atoms. The third-order valence-electron chi connectivity index (χ3n) is 3.80. The summed E-state index contributed by atoms with van der Waals surface area (Å²) < 4.78 is 43.4. The maximum absolute atomic E-state index is 12.7. The van der Waals surface area contributed by atoms with Crippen molar-refractivity contribution in [2.75, 3.05) is 11.9 Å². The number of aromatic nitrogens is 2. The second-order valence-corrected chi connectivity index (χ2v) is 7.13.